The molecule has 0 N–H and O–H groups in total. The second-order valence-corrected chi connectivity index (χ2v) is 5.15. The summed E-state index contributed by atoms with van der Waals surface area (Å²) in [4.78, 5) is 12.3. The Morgan fingerprint density at radius 3 is 1.88 bits per heavy atom. The van der Waals surface area contributed by atoms with Gasteiger partial charge in [0.2, 0.25) is 0 Å². The number of hydrogen-bond donors (Lipinski definition) is 0. The fourth-order valence-electron chi connectivity index (χ4n) is 2.25. The van der Waals surface area contributed by atoms with Crippen LogP contribution in [0.5, 0.6) is 11.5 Å². The van der Waals surface area contributed by atoms with E-state index >= 15 is 0 Å². The van der Waals surface area contributed by atoms with Gasteiger partial charge in [-0.15, -0.1) is 0 Å². The summed E-state index contributed by atoms with van der Waals surface area (Å²) in [6.45, 7) is 0.888. The van der Waals surface area contributed by atoms with Crippen molar-refractivity contribution in [3.05, 3.63) is 96.1 Å². The summed E-state index contributed by atoms with van der Waals surface area (Å²) in [7, 11) is 0. The molecule has 0 aromatic heterocycles. The summed E-state index contributed by atoms with van der Waals surface area (Å²) in [6, 6.07) is 26.6. The molecule has 1 radical (unpaired) electrons. The normalized spacial score (nSPS) is 10.2. The maximum absolute atomic E-state index is 12.3. The zero-order chi connectivity index (χ0) is 16.6. The lowest BCUT2D eigenvalue weighted by Gasteiger charge is -2.09. The fraction of sp³-hybridized carbons (Fsp3) is 0.0952. The van der Waals surface area contributed by atoms with Gasteiger partial charge in [0.15, 0.2) is 5.78 Å². The second kappa shape index (κ2) is 7.97. The average molecular weight is 317 g/mol. The maximum Gasteiger partial charge on any atom is 0.193 e. The van der Waals surface area contributed by atoms with Gasteiger partial charge >= 0.3 is 0 Å². The first-order valence-corrected chi connectivity index (χ1v) is 7.74. The largest absolute Gasteiger partial charge is 0.490 e. The zero-order valence-electron chi connectivity index (χ0n) is 13.1. The van der Waals surface area contributed by atoms with Crippen LogP contribution in [0.25, 0.3) is 0 Å². The van der Waals surface area contributed by atoms with Crippen LogP contribution in [-0.4, -0.2) is 19.0 Å². The Kier molecular flexibility index (Phi) is 5.25. The lowest BCUT2D eigenvalue weighted by Crippen LogP contribution is -2.09. The van der Waals surface area contributed by atoms with E-state index in [9.17, 15) is 4.79 Å². The highest BCUT2D eigenvalue weighted by Gasteiger charge is 2.08. The molecular formula is C21H17O3. The molecule has 119 valence electrons. The van der Waals surface area contributed by atoms with E-state index in [0.717, 1.165) is 5.75 Å². The average Bonchev–Trinajstić information content (AvgIpc) is 2.67. The zero-order valence-corrected chi connectivity index (χ0v) is 13.1. The molecule has 0 aliphatic heterocycles. The van der Waals surface area contributed by atoms with E-state index < -0.39 is 0 Å². The van der Waals surface area contributed by atoms with Gasteiger partial charge < -0.3 is 9.47 Å². The number of ether oxygens (including phenoxy) is 2. The molecule has 3 aromatic rings. The van der Waals surface area contributed by atoms with Crippen LogP contribution in [0.3, 0.4) is 0 Å². The van der Waals surface area contributed by atoms with Crippen LogP contribution in [0.1, 0.15) is 15.9 Å². The Balaban J connectivity index is 1.50. The van der Waals surface area contributed by atoms with Gasteiger partial charge in [0.25, 0.3) is 0 Å². The molecule has 0 unspecified atom stereocenters. The van der Waals surface area contributed by atoms with Gasteiger partial charge in [-0.3, -0.25) is 4.79 Å². The third-order valence-corrected chi connectivity index (χ3v) is 3.46. The Bertz CT molecular complexity index is 765. The molecule has 3 nitrogen and oxygen atoms in total. The Labute approximate surface area is 141 Å². The number of hydrogen-bond acceptors (Lipinski definition) is 3. The van der Waals surface area contributed by atoms with Crippen molar-refractivity contribution >= 4 is 5.78 Å². The first kappa shape index (κ1) is 15.8. The van der Waals surface area contributed by atoms with Crippen molar-refractivity contribution < 1.29 is 14.3 Å². The van der Waals surface area contributed by atoms with E-state index in [1.165, 1.54) is 0 Å². The van der Waals surface area contributed by atoms with Crippen molar-refractivity contribution in [3.63, 3.8) is 0 Å². The third-order valence-electron chi connectivity index (χ3n) is 3.46. The minimum Gasteiger partial charge on any atom is -0.490 e. The van der Waals surface area contributed by atoms with Crippen LogP contribution in [0.2, 0.25) is 0 Å². The van der Waals surface area contributed by atoms with Gasteiger partial charge in [0, 0.05) is 11.1 Å². The molecule has 0 fully saturated rings. The lowest BCUT2D eigenvalue weighted by atomic mass is 10.0. The molecule has 0 saturated heterocycles. The van der Waals surface area contributed by atoms with E-state index in [-0.39, 0.29) is 5.78 Å². The first-order valence-electron chi connectivity index (χ1n) is 7.74. The van der Waals surface area contributed by atoms with Gasteiger partial charge in [-0.25, -0.2) is 0 Å². The van der Waals surface area contributed by atoms with Crippen LogP contribution in [0.4, 0.5) is 0 Å². The van der Waals surface area contributed by atoms with Crippen molar-refractivity contribution in [3.8, 4) is 11.5 Å². The van der Waals surface area contributed by atoms with Crippen LogP contribution in [0, 0.1) is 6.07 Å². The SMILES string of the molecule is O=C(c1ccccc1)c1ccc(OCCOc2cc[c]cc2)cc1. The Morgan fingerprint density at radius 1 is 0.708 bits per heavy atom. The van der Waals surface area contributed by atoms with Crippen LogP contribution >= 0.6 is 0 Å². The summed E-state index contributed by atoms with van der Waals surface area (Å²) in [6.07, 6.45) is 0. The molecular weight excluding hydrogens is 300 g/mol. The monoisotopic (exact) mass is 317 g/mol. The molecule has 3 heteroatoms. The molecule has 0 atom stereocenters. The topological polar surface area (TPSA) is 35.5 Å². The van der Waals surface area contributed by atoms with Crippen molar-refractivity contribution in [1.29, 1.82) is 0 Å². The van der Waals surface area contributed by atoms with Gasteiger partial charge in [0.1, 0.15) is 24.7 Å². The molecule has 0 heterocycles. The Hall–Kier alpha value is -3.07. The molecule has 0 saturated carbocycles. The summed E-state index contributed by atoms with van der Waals surface area (Å²) >= 11 is 0. The number of ketones is 1. The third kappa shape index (κ3) is 4.23. The van der Waals surface area contributed by atoms with Gasteiger partial charge in [-0.2, -0.15) is 0 Å². The maximum atomic E-state index is 12.3. The molecule has 0 spiro atoms. The predicted molar refractivity (Wildman–Crippen MR) is 92.6 cm³/mol. The highest BCUT2D eigenvalue weighted by Crippen LogP contribution is 2.15. The first-order chi connectivity index (χ1) is 11.8. The minimum absolute atomic E-state index is 0.00589. The van der Waals surface area contributed by atoms with Gasteiger partial charge in [-0.1, -0.05) is 42.5 Å². The smallest absolute Gasteiger partial charge is 0.193 e. The standard InChI is InChI=1S/C21H17O3/c22-21(17-7-3-1-4-8-17)18-11-13-20(14-12-18)24-16-15-23-19-9-5-2-6-10-19/h1,3-14H,15-16H2. The second-order valence-electron chi connectivity index (χ2n) is 5.15. The highest BCUT2D eigenvalue weighted by molar-refractivity contribution is 6.08. The number of rotatable bonds is 7. The highest BCUT2D eigenvalue weighted by atomic mass is 16.5. The molecule has 3 rings (SSSR count). The predicted octanol–water partition coefficient (Wildman–Crippen LogP) is 4.18. The Morgan fingerprint density at radius 2 is 1.25 bits per heavy atom. The number of carbonyl (C=O) groups excluding carboxylic acids is 1. The number of benzene rings is 3. The summed E-state index contributed by atoms with van der Waals surface area (Å²) in [5.41, 5.74) is 1.32. The minimum atomic E-state index is 0.00589. The molecule has 24 heavy (non-hydrogen) atoms. The van der Waals surface area contributed by atoms with E-state index in [1.807, 2.05) is 42.5 Å². The van der Waals surface area contributed by atoms with Crippen molar-refractivity contribution in [2.45, 2.75) is 0 Å². The molecule has 0 aliphatic rings. The number of carbonyl (C=O) groups is 1. The quantitative estimate of drug-likeness (QED) is 0.484. The van der Waals surface area contributed by atoms with E-state index in [2.05, 4.69) is 6.07 Å². The van der Waals surface area contributed by atoms with E-state index in [1.54, 1.807) is 36.4 Å². The molecule has 0 aliphatic carbocycles. The molecule has 0 bridgehead atoms. The van der Waals surface area contributed by atoms with Crippen LogP contribution < -0.4 is 9.47 Å². The summed E-state index contributed by atoms with van der Waals surface area (Å²) in [5, 5.41) is 0. The summed E-state index contributed by atoms with van der Waals surface area (Å²) < 4.78 is 11.2. The molecule has 3 aromatic carbocycles. The van der Waals surface area contributed by atoms with Crippen molar-refractivity contribution in [1.82, 2.24) is 0 Å². The lowest BCUT2D eigenvalue weighted by molar-refractivity contribution is 0.103. The molecule has 0 amide bonds. The van der Waals surface area contributed by atoms with Crippen molar-refractivity contribution in [2.75, 3.05) is 13.2 Å². The van der Waals surface area contributed by atoms with Crippen LogP contribution in [0.15, 0.2) is 78.9 Å². The van der Waals surface area contributed by atoms with E-state index in [0.29, 0.717) is 30.1 Å². The van der Waals surface area contributed by atoms with Crippen LogP contribution in [-0.2, 0) is 0 Å². The van der Waals surface area contributed by atoms with Crippen molar-refractivity contribution in [2.24, 2.45) is 0 Å². The fourth-order valence-corrected chi connectivity index (χ4v) is 2.25. The van der Waals surface area contributed by atoms with E-state index in [4.69, 9.17) is 9.47 Å². The van der Waals surface area contributed by atoms with Gasteiger partial charge in [0.05, 0.1) is 0 Å². The van der Waals surface area contributed by atoms with Gasteiger partial charge in [-0.05, 0) is 42.5 Å². The summed E-state index contributed by atoms with van der Waals surface area (Å²) in [5.74, 6) is 1.51.